The predicted octanol–water partition coefficient (Wildman–Crippen LogP) is 5.02. The zero-order valence-electron chi connectivity index (χ0n) is 19.5. The lowest BCUT2D eigenvalue weighted by atomic mass is 9.73. The van der Waals surface area contributed by atoms with Gasteiger partial charge in [0, 0.05) is 25.6 Å². The topological polar surface area (TPSA) is 41.9 Å². The lowest BCUT2D eigenvalue weighted by molar-refractivity contribution is -0.0279. The van der Waals surface area contributed by atoms with E-state index in [4.69, 9.17) is 9.47 Å². The van der Waals surface area contributed by atoms with Crippen molar-refractivity contribution in [3.8, 4) is 5.75 Å². The summed E-state index contributed by atoms with van der Waals surface area (Å²) >= 11 is 0. The normalized spacial score (nSPS) is 17.3. The summed E-state index contributed by atoms with van der Waals surface area (Å²) in [5, 5.41) is 12.5. The number of morpholine rings is 1. The Morgan fingerprint density at radius 3 is 2.18 bits per heavy atom. The molecule has 33 heavy (non-hydrogen) atoms. The van der Waals surface area contributed by atoms with Crippen molar-refractivity contribution in [3.05, 3.63) is 102 Å². The van der Waals surface area contributed by atoms with Crippen molar-refractivity contribution in [2.45, 2.75) is 31.3 Å². The number of benzene rings is 3. The van der Waals surface area contributed by atoms with Crippen LogP contribution in [0.15, 0.2) is 84.9 Å². The van der Waals surface area contributed by atoms with E-state index >= 15 is 0 Å². The molecule has 0 unspecified atom stereocenters. The molecule has 0 aromatic heterocycles. The molecule has 3 aromatic carbocycles. The summed E-state index contributed by atoms with van der Waals surface area (Å²) < 4.78 is 11.2. The van der Waals surface area contributed by atoms with Crippen LogP contribution < -0.4 is 4.74 Å². The first-order chi connectivity index (χ1) is 16.2. The molecule has 0 spiro atoms. The molecule has 1 heterocycles. The molecule has 0 amide bonds. The fourth-order valence-electron chi connectivity index (χ4n) is 4.77. The third-order valence-corrected chi connectivity index (χ3v) is 6.63. The fourth-order valence-corrected chi connectivity index (χ4v) is 4.77. The third-order valence-electron chi connectivity index (χ3n) is 6.63. The molecule has 174 valence electrons. The summed E-state index contributed by atoms with van der Waals surface area (Å²) in [6.45, 7) is 6.66. The van der Waals surface area contributed by atoms with E-state index in [9.17, 15) is 5.11 Å². The summed E-state index contributed by atoms with van der Waals surface area (Å²) in [7, 11) is 0. The van der Waals surface area contributed by atoms with E-state index < -0.39 is 5.60 Å². The number of aliphatic hydroxyl groups is 1. The van der Waals surface area contributed by atoms with Gasteiger partial charge < -0.3 is 14.6 Å². The van der Waals surface area contributed by atoms with Crippen LogP contribution in [0, 0.1) is 0 Å². The summed E-state index contributed by atoms with van der Waals surface area (Å²) in [5.41, 5.74) is 2.30. The molecule has 1 N–H and O–H groups in total. The first-order valence-corrected chi connectivity index (χ1v) is 12.0. The lowest BCUT2D eigenvalue weighted by Gasteiger charge is -2.41. The highest BCUT2D eigenvalue weighted by Crippen LogP contribution is 2.42. The highest BCUT2D eigenvalue weighted by Gasteiger charge is 2.40. The van der Waals surface area contributed by atoms with Crippen LogP contribution in [0.4, 0.5) is 0 Å². The summed E-state index contributed by atoms with van der Waals surface area (Å²) in [4.78, 5) is 2.42. The highest BCUT2D eigenvalue weighted by atomic mass is 16.5. The van der Waals surface area contributed by atoms with Crippen molar-refractivity contribution in [3.63, 3.8) is 0 Å². The Balaban J connectivity index is 1.71. The van der Waals surface area contributed by atoms with Crippen molar-refractivity contribution in [2.24, 2.45) is 0 Å². The zero-order chi connectivity index (χ0) is 22.9. The molecule has 1 aliphatic rings. The molecule has 0 radical (unpaired) electrons. The van der Waals surface area contributed by atoms with E-state index in [1.54, 1.807) is 0 Å². The maximum atomic E-state index is 12.5. The van der Waals surface area contributed by atoms with E-state index in [0.717, 1.165) is 56.1 Å². The van der Waals surface area contributed by atoms with Gasteiger partial charge in [0.05, 0.1) is 25.4 Å². The minimum absolute atomic E-state index is 0.0709. The van der Waals surface area contributed by atoms with Gasteiger partial charge in [0.2, 0.25) is 0 Å². The van der Waals surface area contributed by atoms with Crippen LogP contribution in [-0.2, 0) is 16.8 Å². The fraction of sp³-hybridized carbons (Fsp3) is 0.379. The number of rotatable bonds is 10. The molecule has 4 nitrogen and oxygen atoms in total. The minimum atomic E-state index is -1.03. The predicted molar refractivity (Wildman–Crippen MR) is 133 cm³/mol. The van der Waals surface area contributed by atoms with Crippen molar-refractivity contribution in [1.29, 1.82) is 0 Å². The molecular formula is C29H35NO3. The van der Waals surface area contributed by atoms with Gasteiger partial charge in [0.1, 0.15) is 5.75 Å². The van der Waals surface area contributed by atoms with Crippen molar-refractivity contribution in [2.75, 3.05) is 39.5 Å². The Morgan fingerprint density at radius 1 is 0.909 bits per heavy atom. The molecule has 2 atom stereocenters. The van der Waals surface area contributed by atoms with Crippen LogP contribution >= 0.6 is 0 Å². The highest BCUT2D eigenvalue weighted by molar-refractivity contribution is 5.36. The van der Waals surface area contributed by atoms with E-state index in [1.165, 1.54) is 5.56 Å². The maximum absolute atomic E-state index is 12.5. The molecule has 0 aliphatic carbocycles. The molecule has 1 fully saturated rings. The van der Waals surface area contributed by atoms with Gasteiger partial charge in [-0.05, 0) is 48.6 Å². The first kappa shape index (κ1) is 23.5. The smallest absolute Gasteiger partial charge is 0.119 e. The molecule has 4 rings (SSSR count). The van der Waals surface area contributed by atoms with Gasteiger partial charge in [0.15, 0.2) is 0 Å². The zero-order valence-corrected chi connectivity index (χ0v) is 19.5. The number of nitrogens with zero attached hydrogens (tertiary/aromatic N) is 1. The first-order valence-electron chi connectivity index (χ1n) is 12.0. The summed E-state index contributed by atoms with van der Waals surface area (Å²) in [5.74, 6) is 0.759. The number of aryl methyl sites for hydroxylation is 1. The van der Waals surface area contributed by atoms with Gasteiger partial charge in [-0.1, -0.05) is 72.8 Å². The van der Waals surface area contributed by atoms with Gasteiger partial charge in [-0.3, -0.25) is 4.90 Å². The molecule has 4 heteroatoms. The second-order valence-corrected chi connectivity index (χ2v) is 8.74. The summed E-state index contributed by atoms with van der Waals surface area (Å²) in [6.07, 6.45) is 1.44. The van der Waals surface area contributed by atoms with E-state index in [2.05, 4.69) is 53.4 Å². The van der Waals surface area contributed by atoms with Gasteiger partial charge in [0.25, 0.3) is 0 Å². The monoisotopic (exact) mass is 445 g/mol. The second-order valence-electron chi connectivity index (χ2n) is 8.74. The maximum Gasteiger partial charge on any atom is 0.119 e. The molecule has 1 saturated heterocycles. The van der Waals surface area contributed by atoms with Crippen molar-refractivity contribution < 1.29 is 14.6 Å². The van der Waals surface area contributed by atoms with E-state index in [0.29, 0.717) is 13.0 Å². The molecular weight excluding hydrogens is 410 g/mol. The second kappa shape index (κ2) is 11.5. The van der Waals surface area contributed by atoms with Gasteiger partial charge in [-0.25, -0.2) is 0 Å². The molecule has 0 bridgehead atoms. The molecule has 3 aromatic rings. The average molecular weight is 446 g/mol. The summed E-state index contributed by atoms with van der Waals surface area (Å²) in [6, 6.07) is 28.9. The van der Waals surface area contributed by atoms with Crippen molar-refractivity contribution >= 4 is 0 Å². The Morgan fingerprint density at radius 2 is 1.55 bits per heavy atom. The Kier molecular flexibility index (Phi) is 8.16. The van der Waals surface area contributed by atoms with Crippen LogP contribution in [-0.4, -0.2) is 49.5 Å². The van der Waals surface area contributed by atoms with Gasteiger partial charge in [-0.15, -0.1) is 0 Å². The average Bonchev–Trinajstić information content (AvgIpc) is 2.88. The van der Waals surface area contributed by atoms with Gasteiger partial charge in [-0.2, -0.15) is 0 Å². The number of hydrogen-bond donors (Lipinski definition) is 1. The van der Waals surface area contributed by atoms with E-state index in [1.807, 2.05) is 43.3 Å². The minimum Gasteiger partial charge on any atom is -0.494 e. The Bertz CT molecular complexity index is 955. The van der Waals surface area contributed by atoms with Gasteiger partial charge >= 0.3 is 0 Å². The largest absolute Gasteiger partial charge is 0.494 e. The standard InChI is InChI=1S/C29H35NO3/c1-2-33-27-15-13-26(14-16-27)29(31,18-17-24-9-5-3-6-10-24)28(25-11-7-4-8-12-25)23-30-19-21-32-22-20-30/h3-16,28,31H,2,17-23H2,1H3/t28-,29+/m1/s1. The quantitative estimate of drug-likeness (QED) is 0.476. The Labute approximate surface area is 197 Å². The van der Waals surface area contributed by atoms with E-state index in [-0.39, 0.29) is 5.92 Å². The lowest BCUT2D eigenvalue weighted by Crippen LogP contribution is -2.45. The van der Waals surface area contributed by atoms with Crippen LogP contribution in [0.3, 0.4) is 0 Å². The SMILES string of the molecule is CCOc1ccc([C@@](O)(CCc2ccccc2)[C@H](CN2CCOCC2)c2ccccc2)cc1. The van der Waals surface area contributed by atoms with Crippen LogP contribution in [0.1, 0.15) is 36.0 Å². The number of ether oxygens (including phenoxy) is 2. The third kappa shape index (κ3) is 6.02. The van der Waals surface area contributed by atoms with Crippen LogP contribution in [0.25, 0.3) is 0 Å². The Hall–Kier alpha value is -2.66. The van der Waals surface area contributed by atoms with Crippen LogP contribution in [0.2, 0.25) is 0 Å². The van der Waals surface area contributed by atoms with Crippen molar-refractivity contribution in [1.82, 2.24) is 4.90 Å². The molecule has 1 aliphatic heterocycles. The molecule has 0 saturated carbocycles. The number of hydrogen-bond acceptors (Lipinski definition) is 4. The van der Waals surface area contributed by atoms with Crippen LogP contribution in [0.5, 0.6) is 5.75 Å².